The highest BCUT2D eigenvalue weighted by atomic mass is 16.3. The summed E-state index contributed by atoms with van der Waals surface area (Å²) in [5.74, 6) is 0.130. The van der Waals surface area contributed by atoms with E-state index in [0.717, 1.165) is 0 Å². The van der Waals surface area contributed by atoms with E-state index in [4.69, 9.17) is 4.42 Å². The minimum Gasteiger partial charge on any atom is -0.463 e. The molecule has 2 aromatic rings. The number of nitrogens with zero attached hydrogens (tertiary/aromatic N) is 4. The number of anilines is 1. The van der Waals surface area contributed by atoms with Gasteiger partial charge in [0.05, 0.1) is 17.5 Å². The van der Waals surface area contributed by atoms with E-state index in [1.165, 1.54) is 17.9 Å². The third kappa shape index (κ3) is 2.73. The third-order valence-corrected chi connectivity index (χ3v) is 3.14. The number of aliphatic imine (C=N–C) groups is 2. The summed E-state index contributed by atoms with van der Waals surface area (Å²) in [4.78, 5) is 31.3. The quantitative estimate of drug-likeness (QED) is 0.855. The van der Waals surface area contributed by atoms with Gasteiger partial charge in [0, 0.05) is 13.0 Å². The van der Waals surface area contributed by atoms with Crippen LogP contribution in [0.25, 0.3) is 11.5 Å². The Morgan fingerprint density at radius 2 is 2.17 bits per heavy atom. The third-order valence-electron chi connectivity index (χ3n) is 3.14. The van der Waals surface area contributed by atoms with Gasteiger partial charge in [0.25, 0.3) is 11.9 Å². The van der Waals surface area contributed by atoms with Crippen LogP contribution < -0.4 is 5.32 Å². The zero-order valence-electron chi connectivity index (χ0n) is 12.5. The van der Waals surface area contributed by atoms with Crippen molar-refractivity contribution in [3.63, 3.8) is 0 Å². The zero-order valence-corrected chi connectivity index (χ0v) is 12.5. The van der Waals surface area contributed by atoms with Crippen molar-refractivity contribution < 1.29 is 14.0 Å². The maximum Gasteiger partial charge on any atom is 0.281 e. The molecule has 23 heavy (non-hydrogen) atoms. The van der Waals surface area contributed by atoms with Crippen molar-refractivity contribution in [1.29, 1.82) is 0 Å². The van der Waals surface area contributed by atoms with Crippen LogP contribution in [0.15, 0.2) is 51.0 Å². The molecule has 2 aromatic heterocycles. The molecule has 0 aromatic carbocycles. The summed E-state index contributed by atoms with van der Waals surface area (Å²) < 4.78 is 6.58. The highest BCUT2D eigenvalue weighted by molar-refractivity contribution is 6.27. The van der Waals surface area contributed by atoms with Crippen LogP contribution in [0.1, 0.15) is 13.8 Å². The Labute approximate surface area is 131 Å². The van der Waals surface area contributed by atoms with E-state index in [1.54, 1.807) is 25.1 Å². The van der Waals surface area contributed by atoms with Crippen LogP contribution in [0, 0.1) is 0 Å². The molecule has 1 aliphatic rings. The van der Waals surface area contributed by atoms with Gasteiger partial charge in [-0.25, -0.2) is 4.99 Å². The smallest absolute Gasteiger partial charge is 0.281 e. The Bertz CT molecular complexity index is 871. The number of carbonyl (C=O) groups excluding carboxylic acids is 2. The van der Waals surface area contributed by atoms with Crippen molar-refractivity contribution >= 4 is 29.3 Å². The SMILES string of the molecule is C=C1C(=O)N=C(n2nc(-c3ccco3)cc2NC(C)=O)N=C1C. The summed E-state index contributed by atoms with van der Waals surface area (Å²) in [7, 11) is 0. The molecule has 0 unspecified atom stereocenters. The van der Waals surface area contributed by atoms with Crippen LogP contribution in [0.2, 0.25) is 0 Å². The number of furan rings is 1. The van der Waals surface area contributed by atoms with E-state index in [-0.39, 0.29) is 17.4 Å². The normalized spacial score (nSPS) is 14.5. The summed E-state index contributed by atoms with van der Waals surface area (Å²) in [6.45, 7) is 6.64. The van der Waals surface area contributed by atoms with Crippen LogP contribution in [0.5, 0.6) is 0 Å². The molecule has 0 atom stereocenters. The topological polar surface area (TPSA) is 102 Å². The highest BCUT2D eigenvalue weighted by Gasteiger charge is 2.22. The van der Waals surface area contributed by atoms with Gasteiger partial charge < -0.3 is 9.73 Å². The lowest BCUT2D eigenvalue weighted by molar-refractivity contribution is -0.114. The number of nitrogens with one attached hydrogen (secondary N) is 1. The molecule has 0 saturated heterocycles. The van der Waals surface area contributed by atoms with Crippen molar-refractivity contribution in [2.75, 3.05) is 5.32 Å². The van der Waals surface area contributed by atoms with Gasteiger partial charge in [0.15, 0.2) is 5.76 Å². The number of rotatable bonds is 2. The number of hydrogen-bond donors (Lipinski definition) is 1. The fraction of sp³-hybridized carbons (Fsp3) is 0.133. The van der Waals surface area contributed by atoms with E-state index < -0.39 is 5.91 Å². The second-order valence-corrected chi connectivity index (χ2v) is 4.88. The summed E-state index contributed by atoms with van der Waals surface area (Å²) >= 11 is 0. The molecular weight excluding hydrogens is 298 g/mol. The van der Waals surface area contributed by atoms with Crippen molar-refractivity contribution in [3.8, 4) is 11.5 Å². The number of carbonyl (C=O) groups is 2. The summed E-state index contributed by atoms with van der Waals surface area (Å²) in [5, 5.41) is 6.94. The minimum atomic E-state index is -0.490. The zero-order chi connectivity index (χ0) is 16.6. The lowest BCUT2D eigenvalue weighted by Crippen LogP contribution is -2.24. The molecule has 1 N–H and O–H groups in total. The molecule has 0 fully saturated rings. The van der Waals surface area contributed by atoms with E-state index in [9.17, 15) is 9.59 Å². The maximum atomic E-state index is 11.8. The molecule has 0 aliphatic carbocycles. The average molecular weight is 311 g/mol. The summed E-state index contributed by atoms with van der Waals surface area (Å²) in [6.07, 6.45) is 1.51. The Hall–Kier alpha value is -3.29. The predicted molar refractivity (Wildman–Crippen MR) is 84.3 cm³/mol. The molecular formula is C15H13N5O3. The Balaban J connectivity index is 2.11. The highest BCUT2D eigenvalue weighted by Crippen LogP contribution is 2.23. The lowest BCUT2D eigenvalue weighted by atomic mass is 10.2. The lowest BCUT2D eigenvalue weighted by Gasteiger charge is -2.12. The first kappa shape index (κ1) is 14.6. The van der Waals surface area contributed by atoms with E-state index in [0.29, 0.717) is 23.0 Å². The second-order valence-electron chi connectivity index (χ2n) is 4.88. The van der Waals surface area contributed by atoms with Gasteiger partial charge in [-0.1, -0.05) is 6.58 Å². The van der Waals surface area contributed by atoms with Crippen LogP contribution in [-0.4, -0.2) is 33.3 Å². The molecule has 3 heterocycles. The van der Waals surface area contributed by atoms with E-state index >= 15 is 0 Å². The van der Waals surface area contributed by atoms with Crippen molar-refractivity contribution in [1.82, 2.24) is 9.78 Å². The molecule has 8 heteroatoms. The molecule has 116 valence electrons. The molecule has 0 saturated carbocycles. The molecule has 8 nitrogen and oxygen atoms in total. The van der Waals surface area contributed by atoms with Crippen molar-refractivity contribution in [3.05, 3.63) is 36.6 Å². The predicted octanol–water partition coefficient (Wildman–Crippen LogP) is 1.86. The summed E-state index contributed by atoms with van der Waals surface area (Å²) in [6, 6.07) is 5.07. The molecule has 0 bridgehead atoms. The standard InChI is InChI=1S/C15H13N5O3/c1-8-9(2)16-15(18-14(8)22)20-13(17-10(3)21)7-11(19-20)12-5-4-6-23-12/h4-7H,1H2,2-3H3,(H,17,21). The van der Waals surface area contributed by atoms with Gasteiger partial charge in [-0.05, 0) is 19.1 Å². The van der Waals surface area contributed by atoms with E-state index in [1.807, 2.05) is 0 Å². The Kier molecular flexibility index (Phi) is 3.49. The number of amides is 2. The maximum absolute atomic E-state index is 11.8. The molecule has 1 aliphatic heterocycles. The Morgan fingerprint density at radius 1 is 1.39 bits per heavy atom. The van der Waals surface area contributed by atoms with Gasteiger partial charge in [-0.3, -0.25) is 9.59 Å². The monoisotopic (exact) mass is 311 g/mol. The second kappa shape index (κ2) is 5.48. The fourth-order valence-corrected chi connectivity index (χ4v) is 2.00. The first-order valence-electron chi connectivity index (χ1n) is 6.75. The van der Waals surface area contributed by atoms with Crippen molar-refractivity contribution in [2.24, 2.45) is 9.98 Å². The molecule has 0 spiro atoms. The molecule has 2 amide bonds. The first-order chi connectivity index (χ1) is 11.0. The largest absolute Gasteiger partial charge is 0.463 e. The van der Waals surface area contributed by atoms with Gasteiger partial charge in [-0.2, -0.15) is 14.8 Å². The van der Waals surface area contributed by atoms with Crippen LogP contribution in [0.3, 0.4) is 0 Å². The van der Waals surface area contributed by atoms with Crippen LogP contribution in [-0.2, 0) is 9.59 Å². The first-order valence-corrected chi connectivity index (χ1v) is 6.75. The van der Waals surface area contributed by atoms with Crippen molar-refractivity contribution in [2.45, 2.75) is 13.8 Å². The minimum absolute atomic E-state index is 0.0569. The van der Waals surface area contributed by atoms with Crippen LogP contribution in [0.4, 0.5) is 5.82 Å². The summed E-state index contributed by atoms with van der Waals surface area (Å²) in [5.41, 5.74) is 1.16. The molecule has 3 rings (SSSR count). The van der Waals surface area contributed by atoms with Gasteiger partial charge in [0.1, 0.15) is 11.5 Å². The average Bonchev–Trinajstić information content (AvgIpc) is 3.12. The van der Waals surface area contributed by atoms with Crippen LogP contribution >= 0.6 is 0 Å². The van der Waals surface area contributed by atoms with Gasteiger partial charge >= 0.3 is 0 Å². The molecule has 0 radical (unpaired) electrons. The number of hydrogen-bond acceptors (Lipinski definition) is 5. The van der Waals surface area contributed by atoms with Gasteiger partial charge in [0.2, 0.25) is 5.91 Å². The van der Waals surface area contributed by atoms with E-state index in [2.05, 4.69) is 27.0 Å². The fourth-order valence-electron chi connectivity index (χ4n) is 2.00. The number of aromatic nitrogens is 2. The Morgan fingerprint density at radius 3 is 2.78 bits per heavy atom. The van der Waals surface area contributed by atoms with Gasteiger partial charge in [-0.15, -0.1) is 0 Å².